The molecule has 0 radical (unpaired) electrons. The van der Waals surface area contributed by atoms with Gasteiger partial charge in [0.25, 0.3) is 0 Å². The third-order valence-electron chi connectivity index (χ3n) is 7.12. The number of hydrogen-bond acceptors (Lipinski definition) is 7. The van der Waals surface area contributed by atoms with E-state index >= 15 is 0 Å². The molecule has 7 nitrogen and oxygen atoms in total. The summed E-state index contributed by atoms with van der Waals surface area (Å²) in [6, 6.07) is 5.44. The Labute approximate surface area is 210 Å². The van der Waals surface area contributed by atoms with Crippen LogP contribution in [0.25, 0.3) is 11.3 Å². The van der Waals surface area contributed by atoms with Gasteiger partial charge in [-0.3, -0.25) is 0 Å². The SMILES string of the molecule is O=C(O)c1csc(N2C[C@H]3CC(OCc4c(-c5c(Cl)cccc5Cl)noc4C4CC4)C[C@H]3C2)n1. The average molecular weight is 520 g/mol. The highest BCUT2D eigenvalue weighted by atomic mass is 35.5. The van der Waals surface area contributed by atoms with E-state index in [0.717, 1.165) is 55.2 Å². The van der Waals surface area contributed by atoms with Crippen molar-refractivity contribution in [1.29, 1.82) is 0 Å². The van der Waals surface area contributed by atoms with E-state index in [1.54, 1.807) is 5.38 Å². The van der Waals surface area contributed by atoms with Gasteiger partial charge in [-0.1, -0.05) is 34.4 Å². The molecule has 1 aromatic carbocycles. The molecule has 0 bridgehead atoms. The number of carboxylic acids is 1. The molecule has 2 aliphatic carbocycles. The summed E-state index contributed by atoms with van der Waals surface area (Å²) >= 11 is 14.3. The zero-order chi connectivity index (χ0) is 23.4. The highest BCUT2D eigenvalue weighted by Crippen LogP contribution is 2.47. The van der Waals surface area contributed by atoms with E-state index in [1.807, 2.05) is 18.2 Å². The molecule has 3 aliphatic rings. The average Bonchev–Trinajstić information content (AvgIpc) is 3.15. The van der Waals surface area contributed by atoms with Crippen molar-refractivity contribution >= 4 is 45.6 Å². The van der Waals surface area contributed by atoms with Gasteiger partial charge in [-0.05, 0) is 49.7 Å². The molecule has 3 fully saturated rings. The lowest BCUT2D eigenvalue weighted by molar-refractivity contribution is 0.0403. The molecule has 1 aliphatic heterocycles. The maximum Gasteiger partial charge on any atom is 0.355 e. The predicted molar refractivity (Wildman–Crippen MR) is 130 cm³/mol. The lowest BCUT2D eigenvalue weighted by atomic mass is 10.0. The number of fused-ring (bicyclic) bond motifs is 1. The Morgan fingerprint density at radius 3 is 2.53 bits per heavy atom. The predicted octanol–water partition coefficient (Wildman–Crippen LogP) is 6.11. The minimum absolute atomic E-state index is 0.118. The van der Waals surface area contributed by atoms with Gasteiger partial charge in [0.05, 0.1) is 22.8 Å². The smallest absolute Gasteiger partial charge is 0.355 e. The van der Waals surface area contributed by atoms with E-state index < -0.39 is 5.97 Å². The number of rotatable bonds is 7. The van der Waals surface area contributed by atoms with E-state index in [4.69, 9.17) is 37.6 Å². The van der Waals surface area contributed by atoms with Crippen molar-refractivity contribution in [3.63, 3.8) is 0 Å². The van der Waals surface area contributed by atoms with Gasteiger partial charge >= 0.3 is 5.97 Å². The van der Waals surface area contributed by atoms with E-state index in [-0.39, 0.29) is 11.8 Å². The molecule has 2 saturated carbocycles. The van der Waals surface area contributed by atoms with E-state index in [2.05, 4.69) is 15.0 Å². The molecule has 0 amide bonds. The largest absolute Gasteiger partial charge is 0.476 e. The van der Waals surface area contributed by atoms with Crippen LogP contribution in [0.5, 0.6) is 0 Å². The number of carboxylic acid groups (broad SMARTS) is 1. The second-order valence-corrected chi connectivity index (χ2v) is 11.0. The number of thiazole rings is 1. The van der Waals surface area contributed by atoms with Gasteiger partial charge in [-0.2, -0.15) is 0 Å². The van der Waals surface area contributed by atoms with Crippen LogP contribution in [0.4, 0.5) is 5.13 Å². The number of ether oxygens (including phenoxy) is 1. The molecule has 34 heavy (non-hydrogen) atoms. The molecular formula is C24H23Cl2N3O4S. The van der Waals surface area contributed by atoms with Crippen LogP contribution in [0.15, 0.2) is 28.1 Å². The molecule has 178 valence electrons. The molecule has 3 aromatic rings. The fraction of sp³-hybridized carbons (Fsp3) is 0.458. The maximum absolute atomic E-state index is 11.1. The fourth-order valence-corrected chi connectivity index (χ4v) is 6.69. The van der Waals surface area contributed by atoms with Crippen molar-refractivity contribution < 1.29 is 19.2 Å². The van der Waals surface area contributed by atoms with Crippen LogP contribution < -0.4 is 4.90 Å². The molecule has 1 N–H and O–H groups in total. The summed E-state index contributed by atoms with van der Waals surface area (Å²) in [5.41, 5.74) is 2.45. The van der Waals surface area contributed by atoms with Crippen LogP contribution in [0.3, 0.4) is 0 Å². The second kappa shape index (κ2) is 8.82. The monoisotopic (exact) mass is 519 g/mol. The lowest BCUT2D eigenvalue weighted by Crippen LogP contribution is -2.23. The van der Waals surface area contributed by atoms with Crippen molar-refractivity contribution in [3.05, 3.63) is 50.6 Å². The van der Waals surface area contributed by atoms with E-state index in [0.29, 0.717) is 45.7 Å². The van der Waals surface area contributed by atoms with Gasteiger partial charge in [0, 0.05) is 35.5 Å². The first-order valence-corrected chi connectivity index (χ1v) is 13.1. The Morgan fingerprint density at radius 2 is 1.91 bits per heavy atom. The van der Waals surface area contributed by atoms with Crippen LogP contribution in [0, 0.1) is 11.8 Å². The molecular weight excluding hydrogens is 497 g/mol. The number of nitrogens with zero attached hydrogens (tertiary/aromatic N) is 3. The molecule has 3 atom stereocenters. The number of anilines is 1. The minimum Gasteiger partial charge on any atom is -0.476 e. The summed E-state index contributed by atoms with van der Waals surface area (Å²) in [5, 5.41) is 17.0. The minimum atomic E-state index is -0.980. The first-order valence-electron chi connectivity index (χ1n) is 11.5. The maximum atomic E-state index is 11.1. The van der Waals surface area contributed by atoms with Gasteiger partial charge in [-0.15, -0.1) is 11.3 Å². The highest BCUT2D eigenvalue weighted by Gasteiger charge is 2.42. The topological polar surface area (TPSA) is 88.7 Å². The molecule has 10 heteroatoms. The number of benzene rings is 1. The number of aromatic carboxylic acids is 1. The van der Waals surface area contributed by atoms with Crippen LogP contribution in [0.1, 0.15) is 53.4 Å². The van der Waals surface area contributed by atoms with Crippen molar-refractivity contribution in [3.8, 4) is 11.3 Å². The quantitative estimate of drug-likeness (QED) is 0.402. The van der Waals surface area contributed by atoms with Gasteiger partial charge in [0.2, 0.25) is 0 Å². The zero-order valence-corrected chi connectivity index (χ0v) is 20.6. The fourth-order valence-electron chi connectivity index (χ4n) is 5.29. The normalized spacial score (nSPS) is 24.1. The van der Waals surface area contributed by atoms with Crippen molar-refractivity contribution in [2.24, 2.45) is 11.8 Å². The van der Waals surface area contributed by atoms with Crippen LogP contribution in [-0.2, 0) is 11.3 Å². The highest BCUT2D eigenvalue weighted by molar-refractivity contribution is 7.13. The Morgan fingerprint density at radius 1 is 1.21 bits per heavy atom. The molecule has 3 heterocycles. The Bertz CT molecular complexity index is 1210. The van der Waals surface area contributed by atoms with E-state index in [1.165, 1.54) is 11.3 Å². The summed E-state index contributed by atoms with van der Waals surface area (Å²) in [7, 11) is 0. The summed E-state index contributed by atoms with van der Waals surface area (Å²) in [6.07, 6.45) is 4.32. The third-order valence-corrected chi connectivity index (χ3v) is 8.65. The van der Waals surface area contributed by atoms with Gasteiger partial charge in [0.15, 0.2) is 10.8 Å². The third kappa shape index (κ3) is 4.11. The molecule has 1 unspecified atom stereocenters. The Kier molecular flexibility index (Phi) is 5.80. The Hall–Kier alpha value is -2.13. The number of aromatic nitrogens is 2. The van der Waals surface area contributed by atoms with Crippen LogP contribution in [-0.4, -0.2) is 40.4 Å². The molecule has 1 saturated heterocycles. The summed E-state index contributed by atoms with van der Waals surface area (Å²) in [6.45, 7) is 2.20. The summed E-state index contributed by atoms with van der Waals surface area (Å²) < 4.78 is 12.2. The standard InChI is InChI=1S/C24H23Cl2N3O4S/c25-17-2-1-3-18(26)20(17)21-16(22(33-28-21)12-4-5-12)10-32-15-6-13-8-29(9-14(13)7-15)24-27-19(11-34-24)23(30)31/h1-3,11-15H,4-10H2,(H,30,31)/t13-,14+,15?. The number of carbonyl (C=O) groups is 1. The lowest BCUT2D eigenvalue weighted by Gasteiger charge is -2.19. The first kappa shape index (κ1) is 22.3. The van der Waals surface area contributed by atoms with Crippen LogP contribution >= 0.6 is 34.5 Å². The van der Waals surface area contributed by atoms with Crippen molar-refractivity contribution in [2.75, 3.05) is 18.0 Å². The molecule has 6 rings (SSSR count). The molecule has 0 spiro atoms. The zero-order valence-electron chi connectivity index (χ0n) is 18.2. The van der Waals surface area contributed by atoms with Gasteiger partial charge < -0.3 is 19.3 Å². The summed E-state index contributed by atoms with van der Waals surface area (Å²) in [5.74, 6) is 1.35. The van der Waals surface area contributed by atoms with Gasteiger partial charge in [-0.25, -0.2) is 9.78 Å². The second-order valence-electron chi connectivity index (χ2n) is 9.39. The van der Waals surface area contributed by atoms with Crippen molar-refractivity contribution in [1.82, 2.24) is 10.1 Å². The molecule has 2 aromatic heterocycles. The van der Waals surface area contributed by atoms with Crippen molar-refractivity contribution in [2.45, 2.75) is 44.3 Å². The van der Waals surface area contributed by atoms with Crippen LogP contribution in [0.2, 0.25) is 10.0 Å². The van der Waals surface area contributed by atoms with E-state index in [9.17, 15) is 4.79 Å². The van der Waals surface area contributed by atoms with Gasteiger partial charge in [0.1, 0.15) is 11.5 Å². The number of halogens is 2. The number of hydrogen-bond donors (Lipinski definition) is 1. The first-order chi connectivity index (χ1) is 16.5. The Balaban J connectivity index is 1.14. The summed E-state index contributed by atoms with van der Waals surface area (Å²) in [4.78, 5) is 17.6.